The number of carbonyl (C=O) groups is 1. The van der Waals surface area contributed by atoms with Crippen molar-refractivity contribution in [2.24, 2.45) is 18.9 Å². The zero-order chi connectivity index (χ0) is 15.0. The van der Waals surface area contributed by atoms with Gasteiger partial charge in [0.25, 0.3) is 0 Å². The van der Waals surface area contributed by atoms with Gasteiger partial charge < -0.3 is 14.4 Å². The highest BCUT2D eigenvalue weighted by atomic mass is 16.2. The molecule has 1 saturated heterocycles. The summed E-state index contributed by atoms with van der Waals surface area (Å²) in [6.45, 7) is 3.03. The molecule has 1 amide bonds. The van der Waals surface area contributed by atoms with E-state index in [1.807, 2.05) is 24.1 Å². The summed E-state index contributed by atoms with van der Waals surface area (Å²) in [4.78, 5) is 21.1. The van der Waals surface area contributed by atoms with E-state index in [-0.39, 0.29) is 5.92 Å². The molecule has 0 N–H and O–H groups in total. The summed E-state index contributed by atoms with van der Waals surface area (Å²) in [5, 5.41) is 0. The summed E-state index contributed by atoms with van der Waals surface area (Å²) in [7, 11) is 6.23. The van der Waals surface area contributed by atoms with E-state index in [4.69, 9.17) is 0 Å². The second-order valence-corrected chi connectivity index (χ2v) is 6.91. The maximum absolute atomic E-state index is 12.6. The number of nitrogens with zero attached hydrogens (tertiary/aromatic N) is 4. The average molecular weight is 290 g/mol. The molecule has 2 aliphatic rings. The van der Waals surface area contributed by atoms with E-state index in [9.17, 15) is 4.79 Å². The third-order valence-electron chi connectivity index (χ3n) is 4.92. The number of rotatable bonds is 5. The predicted molar refractivity (Wildman–Crippen MR) is 81.9 cm³/mol. The summed E-state index contributed by atoms with van der Waals surface area (Å²) in [6, 6.07) is 0. The van der Waals surface area contributed by atoms with Crippen LogP contribution in [0, 0.1) is 11.8 Å². The molecule has 1 aliphatic heterocycles. The number of aromatic nitrogens is 2. The van der Waals surface area contributed by atoms with Crippen molar-refractivity contribution in [1.29, 1.82) is 0 Å². The standard InChI is InChI=1S/C16H26N4O/c1-18(2)6-4-12-5-7-20(10-12)16(21)14-8-13(14)15-9-17-11-19(15)3/h9,11-14H,4-8,10H2,1-3H3/t12?,13-,14-/m1/s1. The topological polar surface area (TPSA) is 41.4 Å². The van der Waals surface area contributed by atoms with Crippen molar-refractivity contribution < 1.29 is 4.79 Å². The molecule has 0 bridgehead atoms. The van der Waals surface area contributed by atoms with E-state index in [2.05, 4.69) is 28.9 Å². The van der Waals surface area contributed by atoms with E-state index < -0.39 is 0 Å². The Morgan fingerprint density at radius 2 is 2.29 bits per heavy atom. The highest BCUT2D eigenvalue weighted by molar-refractivity contribution is 5.83. The molecule has 1 aromatic heterocycles. The van der Waals surface area contributed by atoms with Gasteiger partial charge in [0, 0.05) is 43.9 Å². The van der Waals surface area contributed by atoms with Crippen LogP contribution >= 0.6 is 0 Å². The monoisotopic (exact) mass is 290 g/mol. The van der Waals surface area contributed by atoms with Crippen LogP contribution in [0.15, 0.2) is 12.5 Å². The van der Waals surface area contributed by atoms with Gasteiger partial charge in [-0.3, -0.25) is 4.79 Å². The van der Waals surface area contributed by atoms with Gasteiger partial charge in [0.1, 0.15) is 0 Å². The van der Waals surface area contributed by atoms with E-state index >= 15 is 0 Å². The molecule has 0 radical (unpaired) electrons. The first-order valence-corrected chi connectivity index (χ1v) is 7.96. The van der Waals surface area contributed by atoms with Crippen LogP contribution in [-0.2, 0) is 11.8 Å². The maximum Gasteiger partial charge on any atom is 0.226 e. The molecule has 1 saturated carbocycles. The lowest BCUT2D eigenvalue weighted by molar-refractivity contribution is -0.131. The van der Waals surface area contributed by atoms with Gasteiger partial charge in [-0.25, -0.2) is 4.98 Å². The molecule has 3 atom stereocenters. The summed E-state index contributed by atoms with van der Waals surface area (Å²) in [5.74, 6) is 1.65. The molecule has 1 unspecified atom stereocenters. The average Bonchev–Trinajstić information content (AvgIpc) is 2.89. The SMILES string of the molecule is CN(C)CCC1CCN(C(=O)[C@@H]2C[C@H]2c2cncn2C)C1. The first-order chi connectivity index (χ1) is 10.1. The minimum atomic E-state index is 0.202. The van der Waals surface area contributed by atoms with Crippen LogP contribution in [0.1, 0.15) is 30.9 Å². The molecule has 3 rings (SSSR count). The van der Waals surface area contributed by atoms with Crippen molar-refractivity contribution in [2.75, 3.05) is 33.7 Å². The number of imidazole rings is 1. The Balaban J connectivity index is 1.50. The Bertz CT molecular complexity index is 510. The zero-order valence-corrected chi connectivity index (χ0v) is 13.3. The molecule has 0 aromatic carbocycles. The van der Waals surface area contributed by atoms with Crippen LogP contribution < -0.4 is 0 Å². The molecular weight excluding hydrogens is 264 g/mol. The van der Waals surface area contributed by atoms with Crippen LogP contribution in [-0.4, -0.2) is 59.0 Å². The van der Waals surface area contributed by atoms with Gasteiger partial charge in [0.2, 0.25) is 5.91 Å². The first kappa shape index (κ1) is 14.6. The van der Waals surface area contributed by atoms with Crippen molar-refractivity contribution in [3.63, 3.8) is 0 Å². The van der Waals surface area contributed by atoms with Gasteiger partial charge in [0.05, 0.1) is 6.33 Å². The van der Waals surface area contributed by atoms with Crippen LogP contribution in [0.2, 0.25) is 0 Å². The largest absolute Gasteiger partial charge is 0.342 e. The van der Waals surface area contributed by atoms with Crippen LogP contribution in [0.4, 0.5) is 0 Å². The van der Waals surface area contributed by atoms with Crippen molar-refractivity contribution in [3.8, 4) is 0 Å². The van der Waals surface area contributed by atoms with Gasteiger partial charge in [-0.1, -0.05) is 0 Å². The fraction of sp³-hybridized carbons (Fsp3) is 0.750. The predicted octanol–water partition coefficient (Wildman–Crippen LogP) is 1.32. The summed E-state index contributed by atoms with van der Waals surface area (Å²) < 4.78 is 2.04. The zero-order valence-electron chi connectivity index (χ0n) is 13.3. The van der Waals surface area contributed by atoms with E-state index in [0.29, 0.717) is 17.7 Å². The molecule has 5 heteroatoms. The minimum Gasteiger partial charge on any atom is -0.342 e. The van der Waals surface area contributed by atoms with Crippen molar-refractivity contribution in [3.05, 3.63) is 18.2 Å². The molecule has 21 heavy (non-hydrogen) atoms. The van der Waals surface area contributed by atoms with Crippen LogP contribution in [0.5, 0.6) is 0 Å². The van der Waals surface area contributed by atoms with Gasteiger partial charge in [-0.2, -0.15) is 0 Å². The molecule has 1 aromatic rings. The molecule has 0 spiro atoms. The number of hydrogen-bond donors (Lipinski definition) is 0. The van der Waals surface area contributed by atoms with Gasteiger partial charge in [-0.05, 0) is 45.8 Å². The second kappa shape index (κ2) is 5.79. The summed E-state index contributed by atoms with van der Waals surface area (Å²) >= 11 is 0. The summed E-state index contributed by atoms with van der Waals surface area (Å²) in [5.41, 5.74) is 1.21. The highest BCUT2D eigenvalue weighted by Crippen LogP contribution is 2.48. The van der Waals surface area contributed by atoms with E-state index in [1.165, 1.54) is 18.5 Å². The van der Waals surface area contributed by atoms with E-state index in [1.54, 1.807) is 0 Å². The number of hydrogen-bond acceptors (Lipinski definition) is 3. The molecule has 5 nitrogen and oxygen atoms in total. The van der Waals surface area contributed by atoms with E-state index in [0.717, 1.165) is 26.1 Å². The van der Waals surface area contributed by atoms with Crippen LogP contribution in [0.3, 0.4) is 0 Å². The minimum absolute atomic E-state index is 0.202. The Morgan fingerprint density at radius 1 is 1.48 bits per heavy atom. The quantitative estimate of drug-likeness (QED) is 0.821. The van der Waals surface area contributed by atoms with Crippen molar-refractivity contribution in [1.82, 2.24) is 19.4 Å². The third kappa shape index (κ3) is 3.12. The Kier molecular flexibility index (Phi) is 4.02. The van der Waals surface area contributed by atoms with Crippen molar-refractivity contribution in [2.45, 2.75) is 25.2 Å². The lowest BCUT2D eigenvalue weighted by Crippen LogP contribution is -2.30. The molecule has 2 fully saturated rings. The Morgan fingerprint density at radius 3 is 2.95 bits per heavy atom. The number of carbonyl (C=O) groups excluding carboxylic acids is 1. The van der Waals surface area contributed by atoms with Crippen LogP contribution in [0.25, 0.3) is 0 Å². The fourth-order valence-corrected chi connectivity index (χ4v) is 3.46. The van der Waals surface area contributed by atoms with Gasteiger partial charge in [-0.15, -0.1) is 0 Å². The summed E-state index contributed by atoms with van der Waals surface area (Å²) in [6.07, 6.45) is 7.09. The third-order valence-corrected chi connectivity index (χ3v) is 4.92. The van der Waals surface area contributed by atoms with Gasteiger partial charge in [0.15, 0.2) is 0 Å². The molecule has 116 valence electrons. The maximum atomic E-state index is 12.6. The van der Waals surface area contributed by atoms with Crippen molar-refractivity contribution >= 4 is 5.91 Å². The number of likely N-dealkylation sites (tertiary alicyclic amines) is 1. The normalized spacial score (nSPS) is 28.4. The van der Waals surface area contributed by atoms with Gasteiger partial charge >= 0.3 is 0 Å². The molecular formula is C16H26N4O. The highest BCUT2D eigenvalue weighted by Gasteiger charge is 2.47. The lowest BCUT2D eigenvalue weighted by Gasteiger charge is -2.17. The number of aryl methyl sites for hydroxylation is 1. The first-order valence-electron chi connectivity index (χ1n) is 7.96. The smallest absolute Gasteiger partial charge is 0.226 e. The Labute approximate surface area is 126 Å². The molecule has 2 heterocycles. The fourth-order valence-electron chi connectivity index (χ4n) is 3.46. The Hall–Kier alpha value is -1.36. The second-order valence-electron chi connectivity index (χ2n) is 6.91. The molecule has 1 aliphatic carbocycles. The number of amides is 1. The lowest BCUT2D eigenvalue weighted by atomic mass is 10.1.